The van der Waals surface area contributed by atoms with Crippen molar-refractivity contribution in [2.75, 3.05) is 6.54 Å². The molecule has 1 fully saturated rings. The number of aromatic nitrogens is 1. The van der Waals surface area contributed by atoms with Crippen LogP contribution in [0.25, 0.3) is 10.9 Å². The lowest BCUT2D eigenvalue weighted by atomic mass is 9.85. The Hall–Kier alpha value is -2.58. The lowest BCUT2D eigenvalue weighted by Gasteiger charge is -2.27. The van der Waals surface area contributed by atoms with Gasteiger partial charge in [0.05, 0.1) is 5.52 Å². The van der Waals surface area contributed by atoms with E-state index in [0.717, 1.165) is 0 Å². The number of hydrogen-bond donors (Lipinski definition) is 4. The van der Waals surface area contributed by atoms with E-state index in [4.69, 9.17) is 17.3 Å². The second-order valence-electron chi connectivity index (χ2n) is 6.95. The lowest BCUT2D eigenvalue weighted by molar-refractivity contribution is -0.122. The van der Waals surface area contributed by atoms with E-state index in [1.165, 1.54) is 4.57 Å². The Kier molecular flexibility index (Phi) is 6.21. The fraction of sp³-hybridized carbons (Fsp3) is 0.421. The number of hydrazine groups is 1. The fourth-order valence-corrected chi connectivity index (χ4v) is 3.75. The molecule has 8 nitrogen and oxygen atoms in total. The molecule has 1 aromatic heterocycles. The van der Waals surface area contributed by atoms with Crippen molar-refractivity contribution in [3.63, 3.8) is 0 Å². The van der Waals surface area contributed by atoms with Gasteiger partial charge >= 0.3 is 6.03 Å². The summed E-state index contributed by atoms with van der Waals surface area (Å²) in [5.41, 5.74) is 11.5. The third kappa shape index (κ3) is 4.28. The number of fused-ring (bicyclic) bond motifs is 1. The second-order valence-corrected chi connectivity index (χ2v) is 7.39. The van der Waals surface area contributed by atoms with Gasteiger partial charge in [0.2, 0.25) is 5.91 Å². The van der Waals surface area contributed by atoms with Gasteiger partial charge in [-0.1, -0.05) is 18.5 Å². The first-order chi connectivity index (χ1) is 13.4. The maximum Gasteiger partial charge on any atom is 0.341 e. The van der Waals surface area contributed by atoms with Gasteiger partial charge in [-0.25, -0.2) is 10.2 Å². The van der Waals surface area contributed by atoms with E-state index in [9.17, 15) is 14.4 Å². The molecule has 0 atom stereocenters. The van der Waals surface area contributed by atoms with Crippen LogP contribution in [-0.4, -0.2) is 35.0 Å². The molecule has 3 amide bonds. The Morgan fingerprint density at radius 1 is 1.18 bits per heavy atom. The van der Waals surface area contributed by atoms with Crippen LogP contribution in [0.3, 0.4) is 0 Å². The van der Waals surface area contributed by atoms with Crippen molar-refractivity contribution in [1.29, 1.82) is 0 Å². The number of carbonyl (C=O) groups excluding carboxylic acids is 3. The lowest BCUT2D eigenvalue weighted by Crippen LogP contribution is -2.43. The molecule has 0 saturated heterocycles. The summed E-state index contributed by atoms with van der Waals surface area (Å²) in [6.07, 6.45) is 2.66. The first-order valence-electron chi connectivity index (χ1n) is 9.35. The molecule has 9 heteroatoms. The van der Waals surface area contributed by atoms with Crippen LogP contribution in [0.2, 0.25) is 5.02 Å². The molecule has 1 aromatic carbocycles. The number of carbonyl (C=O) groups is 3. The molecule has 0 unspecified atom stereocenters. The number of nitrogens with zero attached hydrogens (tertiary/aromatic N) is 1. The first kappa shape index (κ1) is 20.2. The van der Waals surface area contributed by atoms with Crippen molar-refractivity contribution in [1.82, 2.24) is 20.7 Å². The first-order valence-corrected chi connectivity index (χ1v) is 9.73. The van der Waals surface area contributed by atoms with Crippen molar-refractivity contribution in [2.45, 2.75) is 38.6 Å². The highest BCUT2D eigenvalue weighted by Crippen LogP contribution is 2.26. The van der Waals surface area contributed by atoms with Crippen LogP contribution >= 0.6 is 11.6 Å². The summed E-state index contributed by atoms with van der Waals surface area (Å²) < 4.78 is 1.33. The summed E-state index contributed by atoms with van der Waals surface area (Å²) >= 11 is 6.06. The average molecular weight is 406 g/mol. The summed E-state index contributed by atoms with van der Waals surface area (Å²) in [5.74, 6) is -0.768. The summed E-state index contributed by atoms with van der Waals surface area (Å²) in [7, 11) is 0. The van der Waals surface area contributed by atoms with Crippen molar-refractivity contribution in [3.05, 3.63) is 35.0 Å². The molecule has 5 N–H and O–H groups in total. The molecule has 0 spiro atoms. The number of halogens is 1. The van der Waals surface area contributed by atoms with Gasteiger partial charge in [-0.15, -0.1) is 0 Å². The molecule has 0 aliphatic heterocycles. The molecule has 28 heavy (non-hydrogen) atoms. The van der Waals surface area contributed by atoms with E-state index in [2.05, 4.69) is 16.2 Å². The maximum atomic E-state index is 12.9. The highest BCUT2D eigenvalue weighted by Gasteiger charge is 2.27. The minimum atomic E-state index is -0.457. The zero-order valence-corrected chi connectivity index (χ0v) is 16.4. The molecular formula is C19H24ClN5O3. The number of amides is 3. The second kappa shape index (κ2) is 8.62. The minimum absolute atomic E-state index is 0.0602. The predicted octanol–water partition coefficient (Wildman–Crippen LogP) is 2.15. The SMILES string of the molecule is CCNNC(=O)n1c(C(=O)NC2CCC(C(N)=O)CC2)cc2cc(Cl)ccc21. The number of hydrogen-bond acceptors (Lipinski definition) is 4. The van der Waals surface area contributed by atoms with Gasteiger partial charge in [-0.05, 0) is 49.9 Å². The van der Waals surface area contributed by atoms with Gasteiger partial charge in [-0.2, -0.15) is 0 Å². The van der Waals surface area contributed by atoms with Gasteiger partial charge in [0.25, 0.3) is 5.91 Å². The molecule has 0 radical (unpaired) electrons. The van der Waals surface area contributed by atoms with E-state index in [1.807, 2.05) is 6.92 Å². The Labute approximate surface area is 167 Å². The summed E-state index contributed by atoms with van der Waals surface area (Å²) in [4.78, 5) is 36.9. The molecule has 150 valence electrons. The molecule has 1 saturated carbocycles. The van der Waals surface area contributed by atoms with Crippen LogP contribution in [0.15, 0.2) is 24.3 Å². The molecule has 2 aromatic rings. The quantitative estimate of drug-likeness (QED) is 0.570. The molecule has 0 bridgehead atoms. The van der Waals surface area contributed by atoms with Crippen LogP contribution < -0.4 is 21.9 Å². The molecule has 1 aliphatic rings. The largest absolute Gasteiger partial charge is 0.369 e. The zero-order valence-electron chi connectivity index (χ0n) is 15.6. The van der Waals surface area contributed by atoms with Crippen molar-refractivity contribution >= 4 is 40.3 Å². The van der Waals surface area contributed by atoms with Crippen LogP contribution in [0.1, 0.15) is 43.1 Å². The molecule has 3 rings (SSSR count). The predicted molar refractivity (Wildman–Crippen MR) is 107 cm³/mol. The number of nitrogens with one attached hydrogen (secondary N) is 3. The Balaban J connectivity index is 1.83. The van der Waals surface area contributed by atoms with Crippen molar-refractivity contribution < 1.29 is 14.4 Å². The number of rotatable bonds is 5. The van der Waals surface area contributed by atoms with Crippen LogP contribution in [0.5, 0.6) is 0 Å². The fourth-order valence-electron chi connectivity index (χ4n) is 3.57. The van der Waals surface area contributed by atoms with Crippen LogP contribution in [-0.2, 0) is 4.79 Å². The van der Waals surface area contributed by atoms with E-state index < -0.39 is 6.03 Å². The highest BCUT2D eigenvalue weighted by molar-refractivity contribution is 6.31. The summed E-state index contributed by atoms with van der Waals surface area (Å²) in [6, 6.07) is 6.22. The number of nitrogens with two attached hydrogens (primary N) is 1. The standard InChI is InChI=1S/C19H24ClN5O3/c1-2-22-24-19(28)25-15-8-5-13(20)9-12(15)10-16(25)18(27)23-14-6-3-11(4-7-14)17(21)26/h5,8-11,14,22H,2-4,6-7H2,1H3,(H2,21,26)(H,23,27)(H,24,28). The van der Waals surface area contributed by atoms with E-state index in [0.29, 0.717) is 48.2 Å². The minimum Gasteiger partial charge on any atom is -0.369 e. The van der Waals surface area contributed by atoms with Gasteiger partial charge in [0.1, 0.15) is 5.69 Å². The number of benzene rings is 1. The average Bonchev–Trinajstić information content (AvgIpc) is 3.05. The number of primary amides is 1. The highest BCUT2D eigenvalue weighted by atomic mass is 35.5. The topological polar surface area (TPSA) is 118 Å². The molecule has 1 heterocycles. The van der Waals surface area contributed by atoms with Crippen molar-refractivity contribution in [2.24, 2.45) is 11.7 Å². The third-order valence-corrected chi connectivity index (χ3v) is 5.27. The maximum absolute atomic E-state index is 12.9. The smallest absolute Gasteiger partial charge is 0.341 e. The molecular weight excluding hydrogens is 382 g/mol. The van der Waals surface area contributed by atoms with Crippen LogP contribution in [0, 0.1) is 5.92 Å². The van der Waals surface area contributed by atoms with Gasteiger partial charge in [0, 0.05) is 28.9 Å². The summed E-state index contributed by atoms with van der Waals surface area (Å²) in [6.45, 7) is 2.39. The monoisotopic (exact) mass is 405 g/mol. The van der Waals surface area contributed by atoms with E-state index >= 15 is 0 Å². The van der Waals surface area contributed by atoms with E-state index in [-0.39, 0.29) is 29.5 Å². The Morgan fingerprint density at radius 3 is 2.54 bits per heavy atom. The van der Waals surface area contributed by atoms with Gasteiger partial charge in [-0.3, -0.25) is 19.6 Å². The third-order valence-electron chi connectivity index (χ3n) is 5.04. The molecule has 1 aliphatic carbocycles. The van der Waals surface area contributed by atoms with Crippen molar-refractivity contribution in [3.8, 4) is 0 Å². The summed E-state index contributed by atoms with van der Waals surface area (Å²) in [5, 5.41) is 4.19. The van der Waals surface area contributed by atoms with Crippen LogP contribution in [0.4, 0.5) is 4.79 Å². The van der Waals surface area contributed by atoms with Gasteiger partial charge < -0.3 is 11.1 Å². The Morgan fingerprint density at radius 2 is 1.89 bits per heavy atom. The van der Waals surface area contributed by atoms with Gasteiger partial charge in [0.15, 0.2) is 0 Å². The normalized spacial score (nSPS) is 19.4. The van der Waals surface area contributed by atoms with E-state index in [1.54, 1.807) is 24.3 Å². The Bertz CT molecular complexity index is 902. The zero-order chi connectivity index (χ0) is 20.3.